The van der Waals surface area contributed by atoms with Gasteiger partial charge >= 0.3 is 6.09 Å². The van der Waals surface area contributed by atoms with Crippen molar-refractivity contribution < 1.29 is 73.4 Å². The van der Waals surface area contributed by atoms with Gasteiger partial charge in [0.05, 0.1) is 39.1 Å². The SMILES string of the molecule is NN[C@@H](CS)C(=O)C(=O)NCCOCCO[C@H]1O[C@@H](CO)[C@@H](O)[C@H](O)[C@@H]1O[C@H]1O[C@H](CO)[C@@H](O)[C@H](OC(N)=O)[C@@H]1O. The molecule has 2 fully saturated rings. The number of nitrogens with one attached hydrogen (secondary N) is 2. The highest BCUT2D eigenvalue weighted by Gasteiger charge is 2.52. The molecule has 0 radical (unpaired) electrons. The van der Waals surface area contributed by atoms with Crippen molar-refractivity contribution in [2.24, 2.45) is 11.6 Å². The molecule has 2 aliphatic rings. The average Bonchev–Trinajstić information content (AvgIpc) is 2.95. The first-order valence-electron chi connectivity index (χ1n) is 12.4. The van der Waals surface area contributed by atoms with Gasteiger partial charge in [0.2, 0.25) is 5.78 Å². The largest absolute Gasteiger partial charge is 0.441 e. The standard InChI is InChI=1S/C21H38N4O15S/c22-21(34)40-16-13(30)10(6-27)37-19(15(16)32)39-17-14(31)12(29)9(5-26)38-20(17)36-4-3-35-2-1-24-18(33)11(28)8(7-41)25-23/h8-10,12-17,19-20,25-27,29-32,41H,1-7,23H2,(H2,22,34)(H,24,33)/t8-,9-,10+,12+,13+,14-,15-,16-,17-,19+,20-/m0/s1. The van der Waals surface area contributed by atoms with Crippen molar-refractivity contribution in [1.82, 2.24) is 10.7 Å². The summed E-state index contributed by atoms with van der Waals surface area (Å²) in [5, 5.41) is 63.2. The maximum atomic E-state index is 11.8. The van der Waals surface area contributed by atoms with Crippen LogP contribution >= 0.6 is 12.6 Å². The smallest absolute Gasteiger partial charge is 0.404 e. The van der Waals surface area contributed by atoms with Gasteiger partial charge < -0.3 is 70.1 Å². The Morgan fingerprint density at radius 1 is 0.878 bits per heavy atom. The number of hydrogen-bond acceptors (Lipinski definition) is 18. The third kappa shape index (κ3) is 9.62. The molecule has 0 spiro atoms. The van der Waals surface area contributed by atoms with Crippen molar-refractivity contribution >= 4 is 30.4 Å². The Balaban J connectivity index is 1.95. The van der Waals surface area contributed by atoms with Gasteiger partial charge in [-0.05, 0) is 0 Å². The van der Waals surface area contributed by atoms with Crippen LogP contribution in [0.15, 0.2) is 0 Å². The van der Waals surface area contributed by atoms with Crippen LogP contribution in [0.25, 0.3) is 0 Å². The van der Waals surface area contributed by atoms with Gasteiger partial charge in [-0.15, -0.1) is 0 Å². The fourth-order valence-electron chi connectivity index (χ4n) is 3.95. The molecular weight excluding hydrogens is 580 g/mol. The van der Waals surface area contributed by atoms with Gasteiger partial charge in [0.15, 0.2) is 18.7 Å². The molecule has 20 heteroatoms. The van der Waals surface area contributed by atoms with Crippen LogP contribution in [0, 0.1) is 0 Å². The Bertz CT molecular complexity index is 843. The number of hydrazine groups is 1. The first-order chi connectivity index (χ1) is 19.5. The van der Waals surface area contributed by atoms with Crippen LogP contribution in [0.4, 0.5) is 4.79 Å². The molecule has 11 atom stereocenters. The summed E-state index contributed by atoms with van der Waals surface area (Å²) in [7, 11) is 0. The zero-order chi connectivity index (χ0) is 30.7. The van der Waals surface area contributed by atoms with Crippen LogP contribution in [0.3, 0.4) is 0 Å². The molecule has 2 amide bonds. The number of nitrogens with two attached hydrogens (primary N) is 2. The number of aliphatic hydroxyl groups is 6. The van der Waals surface area contributed by atoms with Gasteiger partial charge in [-0.1, -0.05) is 0 Å². The summed E-state index contributed by atoms with van der Waals surface area (Å²) in [5.41, 5.74) is 7.15. The van der Waals surface area contributed by atoms with E-state index >= 15 is 0 Å². The molecule has 238 valence electrons. The van der Waals surface area contributed by atoms with E-state index in [4.69, 9.17) is 40.0 Å². The molecule has 2 saturated heterocycles. The first-order valence-corrected chi connectivity index (χ1v) is 13.1. The highest BCUT2D eigenvalue weighted by molar-refractivity contribution is 7.80. The van der Waals surface area contributed by atoms with E-state index in [0.717, 1.165) is 0 Å². The molecular formula is C21H38N4O15S. The van der Waals surface area contributed by atoms with E-state index in [1.165, 1.54) is 0 Å². The molecule has 2 heterocycles. The topological polar surface area (TPSA) is 304 Å². The van der Waals surface area contributed by atoms with Crippen LogP contribution in [0.1, 0.15) is 0 Å². The fourth-order valence-corrected chi connectivity index (χ4v) is 4.22. The van der Waals surface area contributed by atoms with Crippen LogP contribution in [-0.4, -0.2) is 161 Å². The number of primary amides is 1. The Morgan fingerprint density at radius 2 is 1.51 bits per heavy atom. The number of amides is 2. The number of rotatable bonds is 16. The van der Waals surface area contributed by atoms with E-state index in [1.807, 2.05) is 0 Å². The quantitative estimate of drug-likeness (QED) is 0.0252. The molecule has 2 rings (SSSR count). The molecule has 19 nitrogen and oxygen atoms in total. The van der Waals surface area contributed by atoms with Crippen molar-refractivity contribution in [2.75, 3.05) is 45.3 Å². The summed E-state index contributed by atoms with van der Waals surface area (Å²) in [4.78, 5) is 34.9. The van der Waals surface area contributed by atoms with E-state index in [0.29, 0.717) is 0 Å². The molecule has 0 saturated carbocycles. The van der Waals surface area contributed by atoms with Gasteiger partial charge in [-0.3, -0.25) is 15.4 Å². The molecule has 0 bridgehead atoms. The van der Waals surface area contributed by atoms with Crippen molar-refractivity contribution in [3.05, 3.63) is 0 Å². The van der Waals surface area contributed by atoms with E-state index in [2.05, 4.69) is 23.4 Å². The zero-order valence-electron chi connectivity index (χ0n) is 21.8. The minimum Gasteiger partial charge on any atom is -0.441 e. The lowest BCUT2D eigenvalue weighted by atomic mass is 9.97. The summed E-state index contributed by atoms with van der Waals surface area (Å²) >= 11 is 3.91. The average molecular weight is 619 g/mol. The number of carbonyl (C=O) groups excluding carboxylic acids is 3. The summed E-state index contributed by atoms with van der Waals surface area (Å²) in [6, 6.07) is -0.948. The molecule has 2 aliphatic heterocycles. The lowest BCUT2D eigenvalue weighted by Crippen LogP contribution is -2.65. The molecule has 0 aromatic carbocycles. The van der Waals surface area contributed by atoms with E-state index in [1.54, 1.807) is 0 Å². The predicted octanol–water partition coefficient (Wildman–Crippen LogP) is -6.81. The van der Waals surface area contributed by atoms with Crippen LogP contribution in [-0.2, 0) is 38.0 Å². The van der Waals surface area contributed by atoms with Crippen molar-refractivity contribution in [1.29, 1.82) is 0 Å². The third-order valence-electron chi connectivity index (χ3n) is 6.16. The molecule has 0 aromatic rings. The number of ether oxygens (including phenoxy) is 6. The van der Waals surface area contributed by atoms with E-state index in [-0.39, 0.29) is 32.1 Å². The lowest BCUT2D eigenvalue weighted by Gasteiger charge is -2.46. The number of aliphatic hydroxyl groups excluding tert-OH is 6. The van der Waals surface area contributed by atoms with E-state index in [9.17, 15) is 45.0 Å². The number of hydrogen-bond donors (Lipinski definition) is 11. The fraction of sp³-hybridized carbons (Fsp3) is 0.857. The lowest BCUT2D eigenvalue weighted by molar-refractivity contribution is -0.367. The number of Topliss-reactive ketones (excluding diaryl/α,β-unsaturated/α-hetero) is 1. The molecule has 41 heavy (non-hydrogen) atoms. The molecule has 0 unspecified atom stereocenters. The minimum absolute atomic E-state index is 0.0188. The van der Waals surface area contributed by atoms with Gasteiger partial charge in [0, 0.05) is 12.3 Å². The Kier molecular flexibility index (Phi) is 15.0. The second kappa shape index (κ2) is 17.4. The number of carbonyl (C=O) groups is 3. The van der Waals surface area contributed by atoms with Crippen LogP contribution in [0.2, 0.25) is 0 Å². The first kappa shape index (κ1) is 35.4. The van der Waals surface area contributed by atoms with Gasteiger partial charge in [-0.25, -0.2) is 10.2 Å². The maximum Gasteiger partial charge on any atom is 0.404 e. The van der Waals surface area contributed by atoms with Gasteiger partial charge in [-0.2, -0.15) is 12.6 Å². The van der Waals surface area contributed by atoms with Gasteiger partial charge in [0.1, 0.15) is 42.7 Å². The Labute approximate surface area is 239 Å². The molecule has 0 aromatic heterocycles. The number of thiol groups is 1. The van der Waals surface area contributed by atoms with Crippen molar-refractivity contribution in [2.45, 2.75) is 67.5 Å². The van der Waals surface area contributed by atoms with E-state index < -0.39 is 98.5 Å². The van der Waals surface area contributed by atoms with Crippen LogP contribution < -0.4 is 22.3 Å². The predicted molar refractivity (Wildman–Crippen MR) is 135 cm³/mol. The second-order valence-corrected chi connectivity index (χ2v) is 9.29. The highest BCUT2D eigenvalue weighted by Crippen LogP contribution is 2.30. The molecule has 12 N–H and O–H groups in total. The van der Waals surface area contributed by atoms with Gasteiger partial charge in [0.25, 0.3) is 5.91 Å². The normalized spacial score (nSPS) is 34.5. The maximum absolute atomic E-state index is 11.8. The summed E-state index contributed by atoms with van der Waals surface area (Å²) in [5.74, 6) is 3.51. The highest BCUT2D eigenvalue weighted by atomic mass is 32.1. The Hall–Kier alpha value is -1.76. The zero-order valence-corrected chi connectivity index (χ0v) is 22.7. The monoisotopic (exact) mass is 618 g/mol. The second-order valence-electron chi connectivity index (χ2n) is 8.92. The van der Waals surface area contributed by atoms with Crippen molar-refractivity contribution in [3.63, 3.8) is 0 Å². The van der Waals surface area contributed by atoms with Crippen LogP contribution in [0.5, 0.6) is 0 Å². The summed E-state index contributed by atoms with van der Waals surface area (Å²) in [6.45, 7) is -1.82. The Morgan fingerprint density at radius 3 is 2.10 bits per heavy atom. The van der Waals surface area contributed by atoms with Crippen molar-refractivity contribution in [3.8, 4) is 0 Å². The number of ketones is 1. The minimum atomic E-state index is -1.87. The third-order valence-corrected chi connectivity index (χ3v) is 6.52. The molecule has 0 aliphatic carbocycles. The summed E-state index contributed by atoms with van der Waals surface area (Å²) in [6.07, 6.45) is -17.5. The summed E-state index contributed by atoms with van der Waals surface area (Å²) < 4.78 is 32.0.